The second kappa shape index (κ2) is 15.8. The third kappa shape index (κ3) is 8.69. The third-order valence-electron chi connectivity index (χ3n) is 8.37. The largest absolute Gasteiger partial charge is 0.486 e. The first-order valence-electron chi connectivity index (χ1n) is 23.7. The van der Waals surface area contributed by atoms with E-state index >= 15 is 0 Å². The molecule has 0 N–H and O–H groups in total. The van der Waals surface area contributed by atoms with Gasteiger partial charge in [-0.25, -0.2) is 4.98 Å². The van der Waals surface area contributed by atoms with Crippen molar-refractivity contribution in [1.82, 2.24) is 15.0 Å². The van der Waals surface area contributed by atoms with Gasteiger partial charge in [0.1, 0.15) is 0 Å². The average Bonchev–Trinajstić information content (AvgIpc) is 3.59. The number of fused-ring (bicyclic) bond motifs is 3. The molecule has 52 heavy (non-hydrogen) atoms. The van der Waals surface area contributed by atoms with E-state index in [4.69, 9.17) is 23.6 Å². The van der Waals surface area contributed by atoms with Crippen molar-refractivity contribution in [3.05, 3.63) is 132 Å². The quantitative estimate of drug-likeness (QED) is 0.123. The predicted octanol–water partition coefficient (Wildman–Crippen LogP) is 11.7. The summed E-state index contributed by atoms with van der Waals surface area (Å²) in [5, 5.41) is 2.50. The Morgan fingerprint density at radius 1 is 0.885 bits per heavy atom. The van der Waals surface area contributed by atoms with Gasteiger partial charge in [-0.05, 0) is 58.0 Å². The number of rotatable bonds is 6. The molecule has 7 aromatic rings. The molecule has 0 spiro atoms. The van der Waals surface area contributed by atoms with Crippen LogP contribution in [0.5, 0.6) is 0 Å². The zero-order chi connectivity index (χ0) is 48.3. The zero-order valence-corrected chi connectivity index (χ0v) is 33.3. The Kier molecular flexibility index (Phi) is 7.34. The first-order chi connectivity index (χ1) is 29.9. The Balaban J connectivity index is 0.000000265. The van der Waals surface area contributed by atoms with Crippen LogP contribution in [-0.4, -0.2) is 23.0 Å². The number of hydrogen-bond donors (Lipinski definition) is 0. The van der Waals surface area contributed by atoms with Crippen molar-refractivity contribution in [3.8, 4) is 33.8 Å². The first kappa shape index (κ1) is 24.2. The summed E-state index contributed by atoms with van der Waals surface area (Å²) >= 11 is 0. The Bertz CT molecular complexity index is 2790. The summed E-state index contributed by atoms with van der Waals surface area (Å²) in [5.41, 5.74) is 2.32. The Hall–Kier alpha value is -4.22. The topological polar surface area (TPSA) is 51.8 Å². The van der Waals surface area contributed by atoms with Crippen molar-refractivity contribution in [2.24, 2.45) is 5.92 Å². The number of aromatic nitrogens is 3. The first-order valence-corrected chi connectivity index (χ1v) is 20.2. The van der Waals surface area contributed by atoms with Crippen molar-refractivity contribution in [3.63, 3.8) is 0 Å². The minimum absolute atomic E-state index is 0. The number of benzene rings is 3. The van der Waals surface area contributed by atoms with E-state index in [0.717, 1.165) is 33.2 Å². The van der Waals surface area contributed by atoms with Crippen molar-refractivity contribution >= 4 is 35.3 Å². The predicted molar refractivity (Wildman–Crippen MR) is 217 cm³/mol. The fraction of sp³-hybridized carbons (Fsp3) is 0.283. The van der Waals surface area contributed by atoms with E-state index in [0.29, 0.717) is 39.4 Å². The molecular weight excluding hydrogens is 831 g/mol. The van der Waals surface area contributed by atoms with Crippen LogP contribution in [0.2, 0.25) is 19.6 Å². The van der Waals surface area contributed by atoms with Crippen LogP contribution < -0.4 is 5.19 Å². The van der Waals surface area contributed by atoms with Crippen LogP contribution in [0.4, 0.5) is 0 Å². The van der Waals surface area contributed by atoms with Gasteiger partial charge >= 0.3 is 0 Å². The summed E-state index contributed by atoms with van der Waals surface area (Å²) < 4.78 is 118. The van der Waals surface area contributed by atoms with Gasteiger partial charge in [0.25, 0.3) is 0 Å². The summed E-state index contributed by atoms with van der Waals surface area (Å²) in [4.78, 5) is 13.5. The molecule has 0 saturated carbocycles. The van der Waals surface area contributed by atoms with Gasteiger partial charge < -0.3 is 14.4 Å². The van der Waals surface area contributed by atoms with Gasteiger partial charge in [0.15, 0.2) is 0 Å². The van der Waals surface area contributed by atoms with E-state index in [2.05, 4.69) is 46.7 Å². The smallest absolute Gasteiger partial charge is 0.216 e. The number of nitrogens with zero attached hydrogens (tertiary/aromatic N) is 3. The van der Waals surface area contributed by atoms with Gasteiger partial charge in [-0.15, -0.1) is 53.1 Å². The second-order valence-corrected chi connectivity index (χ2v) is 18.9. The normalized spacial score (nSPS) is 17.0. The molecule has 0 unspecified atom stereocenters. The van der Waals surface area contributed by atoms with Crippen LogP contribution >= 0.6 is 0 Å². The Labute approximate surface area is 344 Å². The molecule has 4 nitrogen and oxygen atoms in total. The fourth-order valence-corrected chi connectivity index (χ4v) is 7.24. The van der Waals surface area contributed by atoms with E-state index in [-0.39, 0.29) is 37.3 Å². The number of hydrogen-bond acceptors (Lipinski definition) is 4. The monoisotopic (exact) mass is 894 g/mol. The molecule has 0 aliphatic heterocycles. The maximum absolute atomic E-state index is 8.59. The van der Waals surface area contributed by atoms with Crippen molar-refractivity contribution in [2.75, 3.05) is 0 Å². The number of furan rings is 1. The Morgan fingerprint density at radius 2 is 1.67 bits per heavy atom. The standard InChI is InChI=1S/C27H23N2O.C19H26NSi.Ir/c1-17-10-11-20(23-16-19(14-15-28-23)27(2,3)4)25-24(17)21-12-13-22(29-26(21)30-25)18-8-6-5-7-9-18;1-14(2)11-17-12-18(16-9-7-15(3)8-10-16)20-13-19(17)21(4,5)6;/h5-10,12-16H,1-4H3;7-9,12-14H,11H2,1-6H3;/q2*-1;/i2D3,3D3,4D3;3D3,11D2;. The van der Waals surface area contributed by atoms with Gasteiger partial charge in [0, 0.05) is 62.6 Å². The molecule has 0 aliphatic rings. The molecule has 7 rings (SSSR count). The molecule has 0 aliphatic carbocycles. The molecule has 3 aromatic carbocycles. The average molecular weight is 894 g/mol. The van der Waals surface area contributed by atoms with E-state index in [1.54, 1.807) is 24.4 Å². The SMILES string of the molecule is [2H]C([2H])([2H])C(c1ccnc(-c2[c-]cc(C)c3c2oc2nc(-c4ccccc4)ccc23)c1)(C([2H])([2H])[2H])C([2H])([2H])[2H].[2H]C([2H])([2H])c1c[c-]c(-c2cc(C([2H])([2H])C(C)C)c([Si](C)(C)C)cn2)cc1.[Ir]. The minimum Gasteiger partial charge on any atom is -0.486 e. The van der Waals surface area contributed by atoms with Crippen molar-refractivity contribution in [1.29, 1.82) is 0 Å². The molecular formula is C46H49IrN3OSi-2. The van der Waals surface area contributed by atoms with E-state index in [1.165, 1.54) is 18.3 Å². The van der Waals surface area contributed by atoms with Gasteiger partial charge in [-0.2, -0.15) is 0 Å². The van der Waals surface area contributed by atoms with Gasteiger partial charge in [-0.3, -0.25) is 0 Å². The van der Waals surface area contributed by atoms with Crippen molar-refractivity contribution in [2.45, 2.75) is 79.6 Å². The van der Waals surface area contributed by atoms with Crippen LogP contribution in [0.25, 0.3) is 55.8 Å². The van der Waals surface area contributed by atoms with Gasteiger partial charge in [-0.1, -0.05) is 127 Å². The maximum Gasteiger partial charge on any atom is 0.216 e. The van der Waals surface area contributed by atoms with Gasteiger partial charge in [0.2, 0.25) is 5.71 Å². The molecule has 4 aromatic heterocycles. The second-order valence-electron chi connectivity index (χ2n) is 13.9. The molecule has 0 fully saturated rings. The molecule has 0 amide bonds. The van der Waals surface area contributed by atoms with Crippen LogP contribution in [0, 0.1) is 31.8 Å². The minimum atomic E-state index is -3.38. The van der Waals surface area contributed by atoms with Crippen LogP contribution in [0.1, 0.15) is 75.8 Å². The molecule has 0 bridgehead atoms. The molecule has 0 saturated heterocycles. The molecule has 4 heterocycles. The fourth-order valence-electron chi connectivity index (χ4n) is 5.84. The molecule has 269 valence electrons. The third-order valence-corrected chi connectivity index (χ3v) is 10.4. The van der Waals surface area contributed by atoms with Crippen LogP contribution in [0.3, 0.4) is 0 Å². The summed E-state index contributed by atoms with van der Waals surface area (Å²) in [6.45, 7) is -0.123. The molecule has 6 heteroatoms. The molecule has 1 radical (unpaired) electrons. The summed E-state index contributed by atoms with van der Waals surface area (Å²) in [6.07, 6.45) is 1.53. The number of aryl methyl sites for hydroxylation is 2. The number of pyridine rings is 3. The Morgan fingerprint density at radius 3 is 2.35 bits per heavy atom. The van der Waals surface area contributed by atoms with Crippen molar-refractivity contribution < 1.29 is 43.7 Å². The van der Waals surface area contributed by atoms with Crippen LogP contribution in [0.15, 0.2) is 102 Å². The maximum atomic E-state index is 8.59. The summed E-state index contributed by atoms with van der Waals surface area (Å²) in [6, 6.07) is 30.0. The summed E-state index contributed by atoms with van der Waals surface area (Å²) in [7, 11) is -1.78. The zero-order valence-electron chi connectivity index (χ0n) is 43.9. The van der Waals surface area contributed by atoms with E-state index < -0.39 is 52.8 Å². The molecule has 0 atom stereocenters. The van der Waals surface area contributed by atoms with E-state index in [1.807, 2.05) is 69.3 Å². The van der Waals surface area contributed by atoms with E-state index in [9.17, 15) is 0 Å². The van der Waals surface area contributed by atoms with Gasteiger partial charge in [0.05, 0.1) is 19.4 Å². The van der Waals surface area contributed by atoms with Crippen LogP contribution in [-0.2, 0) is 31.9 Å². The summed E-state index contributed by atoms with van der Waals surface area (Å²) in [5.74, 6) is -0.172.